The maximum absolute atomic E-state index is 12.6. The van der Waals surface area contributed by atoms with Gasteiger partial charge in [0.1, 0.15) is 0 Å². The highest BCUT2D eigenvalue weighted by atomic mass is 127. The van der Waals surface area contributed by atoms with Crippen LogP contribution in [-0.2, 0) is 17.3 Å². The van der Waals surface area contributed by atoms with Gasteiger partial charge in [0.2, 0.25) is 0 Å². The van der Waals surface area contributed by atoms with E-state index in [-0.39, 0.29) is 36.2 Å². The molecule has 166 valence electrons. The zero-order valence-electron chi connectivity index (χ0n) is 17.3. The average molecular weight is 528 g/mol. The Balaban J connectivity index is 0.00000420. The van der Waals surface area contributed by atoms with Gasteiger partial charge in [-0.2, -0.15) is 13.2 Å². The Bertz CT molecular complexity index is 615. The maximum Gasteiger partial charge on any atom is 0.416 e. The van der Waals surface area contributed by atoms with Crippen molar-refractivity contribution in [1.82, 2.24) is 15.5 Å². The van der Waals surface area contributed by atoms with Crippen LogP contribution in [0.15, 0.2) is 29.3 Å². The quantitative estimate of drug-likeness (QED) is 0.246. The normalized spacial score (nSPS) is 20.8. The minimum atomic E-state index is -4.29. The maximum atomic E-state index is 12.6. The minimum absolute atomic E-state index is 0. The van der Waals surface area contributed by atoms with Gasteiger partial charge >= 0.3 is 6.18 Å². The third kappa shape index (κ3) is 9.52. The summed E-state index contributed by atoms with van der Waals surface area (Å²) in [5.74, 6) is 0.704. The molecule has 2 rings (SSSR count). The minimum Gasteiger partial charge on any atom is -0.373 e. The van der Waals surface area contributed by atoms with Gasteiger partial charge in [0.15, 0.2) is 5.96 Å². The van der Waals surface area contributed by atoms with Crippen LogP contribution in [0.5, 0.6) is 0 Å². The summed E-state index contributed by atoms with van der Waals surface area (Å²) in [7, 11) is 1.71. The highest BCUT2D eigenvalue weighted by Crippen LogP contribution is 2.29. The van der Waals surface area contributed by atoms with Crippen molar-refractivity contribution < 1.29 is 17.9 Å². The number of hydrogen-bond acceptors (Lipinski definition) is 3. The molecule has 0 radical (unpaired) electrons. The summed E-state index contributed by atoms with van der Waals surface area (Å²) < 4.78 is 43.5. The molecule has 1 aromatic carbocycles. The highest BCUT2D eigenvalue weighted by molar-refractivity contribution is 14.0. The molecule has 2 atom stereocenters. The Morgan fingerprint density at radius 2 is 1.69 bits per heavy atom. The molecule has 1 heterocycles. The summed E-state index contributed by atoms with van der Waals surface area (Å²) in [6, 6.07) is 5.28. The Labute approximate surface area is 188 Å². The van der Waals surface area contributed by atoms with Crippen molar-refractivity contribution >= 4 is 29.9 Å². The summed E-state index contributed by atoms with van der Waals surface area (Å²) in [5.41, 5.74) is 0.234. The van der Waals surface area contributed by atoms with Gasteiger partial charge in [0.05, 0.1) is 17.8 Å². The van der Waals surface area contributed by atoms with Gasteiger partial charge in [-0.25, -0.2) is 0 Å². The van der Waals surface area contributed by atoms with E-state index in [0.29, 0.717) is 18.9 Å². The molecule has 1 fully saturated rings. The lowest BCUT2D eigenvalue weighted by atomic mass is 10.1. The first-order valence-electron chi connectivity index (χ1n) is 9.76. The second kappa shape index (κ2) is 12.6. The van der Waals surface area contributed by atoms with E-state index in [9.17, 15) is 13.2 Å². The highest BCUT2D eigenvalue weighted by Gasteiger charge is 2.29. The molecule has 0 saturated carbocycles. The molecule has 0 bridgehead atoms. The molecule has 1 aliphatic heterocycles. The van der Waals surface area contributed by atoms with Crippen LogP contribution in [-0.4, -0.2) is 62.8 Å². The third-order valence-corrected chi connectivity index (χ3v) is 4.65. The molecular weight excluding hydrogens is 496 g/mol. The lowest BCUT2D eigenvalue weighted by Crippen LogP contribution is -2.46. The van der Waals surface area contributed by atoms with Crippen LogP contribution in [0.1, 0.15) is 31.4 Å². The standard InChI is InChI=1S/C20H31F3N4O.HI/c1-15-13-27(14-16(2)28-15)12-4-10-25-19(24-3)26-11-9-17-5-7-18(8-6-17)20(21,22)23;/h5-8,15-16H,4,9-14H2,1-3H3,(H2,24,25,26);1H. The Hall–Kier alpha value is -1.07. The van der Waals surface area contributed by atoms with E-state index in [1.54, 1.807) is 7.05 Å². The molecule has 1 saturated heterocycles. The summed E-state index contributed by atoms with van der Waals surface area (Å²) >= 11 is 0. The molecule has 0 aliphatic carbocycles. The van der Waals surface area contributed by atoms with Crippen molar-refractivity contribution in [2.75, 3.05) is 39.8 Å². The van der Waals surface area contributed by atoms with Crippen LogP contribution >= 0.6 is 24.0 Å². The van der Waals surface area contributed by atoms with Crippen LogP contribution in [0.4, 0.5) is 13.2 Å². The number of nitrogens with zero attached hydrogens (tertiary/aromatic N) is 2. The molecule has 2 unspecified atom stereocenters. The van der Waals surface area contributed by atoms with Crippen molar-refractivity contribution in [3.63, 3.8) is 0 Å². The van der Waals surface area contributed by atoms with Crippen LogP contribution in [0.2, 0.25) is 0 Å². The van der Waals surface area contributed by atoms with Gasteiger partial charge in [-0.15, -0.1) is 24.0 Å². The lowest BCUT2D eigenvalue weighted by molar-refractivity contribution is -0.137. The van der Waals surface area contributed by atoms with Gasteiger partial charge in [-0.3, -0.25) is 9.89 Å². The number of guanidine groups is 1. The zero-order chi connectivity index (χ0) is 20.6. The van der Waals surface area contributed by atoms with Crippen molar-refractivity contribution in [3.05, 3.63) is 35.4 Å². The average Bonchev–Trinajstić information content (AvgIpc) is 2.62. The summed E-state index contributed by atoms with van der Waals surface area (Å²) in [6.45, 7) is 8.54. The van der Waals surface area contributed by atoms with E-state index >= 15 is 0 Å². The van der Waals surface area contributed by atoms with Gasteiger partial charge in [-0.1, -0.05) is 12.1 Å². The number of ether oxygens (including phenoxy) is 1. The largest absolute Gasteiger partial charge is 0.416 e. The fourth-order valence-corrected chi connectivity index (χ4v) is 3.38. The molecule has 9 heteroatoms. The molecule has 2 N–H and O–H groups in total. The third-order valence-electron chi connectivity index (χ3n) is 4.65. The van der Waals surface area contributed by atoms with Crippen LogP contribution in [0.3, 0.4) is 0 Å². The predicted octanol–water partition coefficient (Wildman–Crippen LogP) is 3.53. The van der Waals surface area contributed by atoms with Crippen LogP contribution in [0, 0.1) is 0 Å². The second-order valence-corrected chi connectivity index (χ2v) is 7.24. The van der Waals surface area contributed by atoms with Crippen molar-refractivity contribution in [3.8, 4) is 0 Å². The molecular formula is C20H32F3IN4O. The second-order valence-electron chi connectivity index (χ2n) is 7.24. The van der Waals surface area contributed by atoms with E-state index < -0.39 is 11.7 Å². The van der Waals surface area contributed by atoms with Gasteiger partial charge in [0, 0.05) is 39.8 Å². The number of aliphatic imine (C=N–C) groups is 1. The fraction of sp³-hybridized carbons (Fsp3) is 0.650. The number of halogens is 4. The molecule has 0 spiro atoms. The number of morpholine rings is 1. The topological polar surface area (TPSA) is 48.9 Å². The first-order valence-corrected chi connectivity index (χ1v) is 9.76. The molecule has 5 nitrogen and oxygen atoms in total. The Kier molecular flexibility index (Phi) is 11.3. The number of benzene rings is 1. The fourth-order valence-electron chi connectivity index (χ4n) is 3.38. The van der Waals surface area contributed by atoms with E-state index in [4.69, 9.17) is 4.74 Å². The lowest BCUT2D eigenvalue weighted by Gasteiger charge is -2.35. The van der Waals surface area contributed by atoms with E-state index in [1.807, 2.05) is 0 Å². The monoisotopic (exact) mass is 528 g/mol. The molecule has 0 amide bonds. The van der Waals surface area contributed by atoms with Crippen LogP contribution < -0.4 is 10.6 Å². The van der Waals surface area contributed by atoms with Crippen LogP contribution in [0.25, 0.3) is 0 Å². The molecule has 29 heavy (non-hydrogen) atoms. The van der Waals surface area contributed by atoms with Gasteiger partial charge in [0.25, 0.3) is 0 Å². The van der Waals surface area contributed by atoms with E-state index in [0.717, 1.165) is 50.3 Å². The summed E-state index contributed by atoms with van der Waals surface area (Å²) in [4.78, 5) is 6.60. The zero-order valence-corrected chi connectivity index (χ0v) is 19.6. The number of alkyl halides is 3. The summed E-state index contributed by atoms with van der Waals surface area (Å²) in [6.07, 6.45) is -2.12. The van der Waals surface area contributed by atoms with E-state index in [1.165, 1.54) is 12.1 Å². The Morgan fingerprint density at radius 1 is 1.10 bits per heavy atom. The number of rotatable bonds is 7. The summed E-state index contributed by atoms with van der Waals surface area (Å²) in [5, 5.41) is 6.48. The van der Waals surface area contributed by atoms with Crippen molar-refractivity contribution in [1.29, 1.82) is 0 Å². The van der Waals surface area contributed by atoms with Gasteiger partial charge in [-0.05, 0) is 44.4 Å². The van der Waals surface area contributed by atoms with Gasteiger partial charge < -0.3 is 15.4 Å². The predicted molar refractivity (Wildman–Crippen MR) is 121 cm³/mol. The number of nitrogens with one attached hydrogen (secondary N) is 2. The van der Waals surface area contributed by atoms with Crippen molar-refractivity contribution in [2.45, 2.75) is 45.1 Å². The molecule has 1 aliphatic rings. The molecule has 1 aromatic rings. The smallest absolute Gasteiger partial charge is 0.373 e. The number of hydrogen-bond donors (Lipinski definition) is 2. The first kappa shape index (κ1) is 26.0. The van der Waals surface area contributed by atoms with E-state index in [2.05, 4.69) is 34.4 Å². The van der Waals surface area contributed by atoms with Crippen molar-refractivity contribution in [2.24, 2.45) is 4.99 Å². The SMILES string of the molecule is CN=C(NCCCN1CC(C)OC(C)C1)NCCc1ccc(C(F)(F)F)cc1.I. The molecule has 0 aromatic heterocycles. The Morgan fingerprint density at radius 3 is 2.24 bits per heavy atom. The first-order chi connectivity index (χ1) is 13.3.